The second-order valence-electron chi connectivity index (χ2n) is 6.92. The lowest BCUT2D eigenvalue weighted by molar-refractivity contribution is -0.143. The van der Waals surface area contributed by atoms with Gasteiger partial charge >= 0.3 is 5.97 Å². The van der Waals surface area contributed by atoms with Crippen LogP contribution < -0.4 is 0 Å². The molecule has 0 amide bonds. The van der Waals surface area contributed by atoms with Gasteiger partial charge in [0.15, 0.2) is 0 Å². The van der Waals surface area contributed by atoms with E-state index in [0.29, 0.717) is 18.5 Å². The van der Waals surface area contributed by atoms with Gasteiger partial charge in [0.2, 0.25) is 0 Å². The molecule has 1 aromatic heterocycles. The number of benzene rings is 1. The van der Waals surface area contributed by atoms with Crippen molar-refractivity contribution >= 4 is 5.97 Å². The zero-order valence-electron chi connectivity index (χ0n) is 13.7. The average molecular weight is 325 g/mol. The lowest BCUT2D eigenvalue weighted by Gasteiger charge is -2.32. The summed E-state index contributed by atoms with van der Waals surface area (Å²) in [5.74, 6) is 0.751. The van der Waals surface area contributed by atoms with Gasteiger partial charge in [-0.05, 0) is 37.3 Å². The summed E-state index contributed by atoms with van der Waals surface area (Å²) in [4.78, 5) is 18.5. The van der Waals surface area contributed by atoms with Crippen LogP contribution in [0, 0.1) is 5.92 Å². The van der Waals surface area contributed by atoms with E-state index >= 15 is 0 Å². The maximum absolute atomic E-state index is 11.8. The van der Waals surface area contributed by atoms with Crippen molar-refractivity contribution in [3.05, 3.63) is 48.5 Å². The first-order valence-electron chi connectivity index (χ1n) is 8.80. The van der Waals surface area contributed by atoms with Crippen molar-refractivity contribution in [3.8, 4) is 5.69 Å². The van der Waals surface area contributed by atoms with Crippen LogP contribution >= 0.6 is 0 Å². The maximum Gasteiger partial charge on any atom is 0.320 e. The van der Waals surface area contributed by atoms with Gasteiger partial charge in [0.05, 0.1) is 6.54 Å². The topological polar surface area (TPSA) is 58.4 Å². The predicted molar refractivity (Wildman–Crippen MR) is 90.9 cm³/mol. The molecule has 126 valence electrons. The predicted octanol–water partition coefficient (Wildman–Crippen LogP) is 3.09. The molecule has 2 heterocycles. The van der Waals surface area contributed by atoms with Crippen molar-refractivity contribution < 1.29 is 9.90 Å². The molecule has 0 bridgehead atoms. The molecule has 1 saturated carbocycles. The van der Waals surface area contributed by atoms with Crippen molar-refractivity contribution in [2.45, 2.75) is 50.7 Å². The van der Waals surface area contributed by atoms with Crippen molar-refractivity contribution in [2.75, 3.05) is 0 Å². The molecular formula is C19H23N3O2. The molecule has 2 aliphatic rings. The van der Waals surface area contributed by atoms with Crippen LogP contribution in [0.15, 0.2) is 42.7 Å². The summed E-state index contributed by atoms with van der Waals surface area (Å²) in [5.41, 5.74) is 1.07. The molecule has 0 spiro atoms. The van der Waals surface area contributed by atoms with E-state index in [1.54, 1.807) is 6.20 Å². The molecule has 1 aromatic carbocycles. The Labute approximate surface area is 141 Å². The minimum atomic E-state index is -0.692. The van der Waals surface area contributed by atoms with Crippen LogP contribution in [-0.4, -0.2) is 37.6 Å². The molecule has 1 N–H and O–H groups in total. The van der Waals surface area contributed by atoms with E-state index in [-0.39, 0.29) is 6.04 Å². The number of carbonyl (C=O) groups is 1. The van der Waals surface area contributed by atoms with E-state index in [2.05, 4.69) is 14.5 Å². The minimum absolute atomic E-state index is 0.376. The van der Waals surface area contributed by atoms with Gasteiger partial charge < -0.3 is 9.67 Å². The van der Waals surface area contributed by atoms with E-state index in [0.717, 1.165) is 30.8 Å². The number of rotatable bonds is 4. The summed E-state index contributed by atoms with van der Waals surface area (Å²) < 4.78 is 2.06. The molecule has 4 rings (SSSR count). The highest BCUT2D eigenvalue weighted by atomic mass is 16.4. The molecule has 0 radical (unpaired) electrons. The second kappa shape index (κ2) is 6.40. The highest BCUT2D eigenvalue weighted by Crippen LogP contribution is 2.40. The van der Waals surface area contributed by atoms with Crippen LogP contribution in [0.4, 0.5) is 0 Å². The van der Waals surface area contributed by atoms with Gasteiger partial charge in [-0.15, -0.1) is 0 Å². The molecule has 1 aliphatic heterocycles. The Morgan fingerprint density at radius 1 is 1.21 bits per heavy atom. The van der Waals surface area contributed by atoms with Crippen molar-refractivity contribution in [1.29, 1.82) is 0 Å². The Morgan fingerprint density at radius 2 is 2.00 bits per heavy atom. The fourth-order valence-electron chi connectivity index (χ4n) is 4.46. The highest BCUT2D eigenvalue weighted by molar-refractivity contribution is 5.74. The summed E-state index contributed by atoms with van der Waals surface area (Å²) >= 11 is 0. The first kappa shape index (κ1) is 15.4. The number of nitrogens with zero attached hydrogens (tertiary/aromatic N) is 3. The van der Waals surface area contributed by atoms with E-state index in [1.807, 2.05) is 36.5 Å². The average Bonchev–Trinajstić information content (AvgIpc) is 3.21. The van der Waals surface area contributed by atoms with Crippen LogP contribution in [0.5, 0.6) is 0 Å². The molecule has 24 heavy (non-hydrogen) atoms. The summed E-state index contributed by atoms with van der Waals surface area (Å²) in [6, 6.07) is 10.1. The molecule has 2 aromatic rings. The maximum atomic E-state index is 11.8. The van der Waals surface area contributed by atoms with E-state index in [1.165, 1.54) is 12.8 Å². The molecule has 3 atom stereocenters. The Balaban J connectivity index is 1.62. The van der Waals surface area contributed by atoms with Gasteiger partial charge in [0.1, 0.15) is 11.9 Å². The Bertz CT molecular complexity index is 712. The largest absolute Gasteiger partial charge is 0.480 e. The monoisotopic (exact) mass is 325 g/mol. The van der Waals surface area contributed by atoms with Gasteiger partial charge in [-0.25, -0.2) is 4.98 Å². The number of likely N-dealkylation sites (tertiary alicyclic amines) is 1. The third kappa shape index (κ3) is 2.73. The lowest BCUT2D eigenvalue weighted by Crippen LogP contribution is -2.42. The lowest BCUT2D eigenvalue weighted by atomic mass is 9.85. The summed E-state index contributed by atoms with van der Waals surface area (Å²) in [7, 11) is 0. The zero-order valence-corrected chi connectivity index (χ0v) is 13.7. The normalized spacial score (nSPS) is 27.1. The van der Waals surface area contributed by atoms with Crippen LogP contribution in [0.1, 0.15) is 37.9 Å². The number of imidazole rings is 1. The smallest absolute Gasteiger partial charge is 0.320 e. The SMILES string of the molecule is O=C(O)C1CC2CCCCC2N1Cc1nccn1-c1ccccc1. The highest BCUT2D eigenvalue weighted by Gasteiger charge is 2.45. The third-order valence-electron chi connectivity index (χ3n) is 5.58. The standard InChI is InChI=1S/C19H23N3O2/c23-19(24)17-12-14-6-4-5-9-16(14)22(17)13-18-20-10-11-21(18)15-7-2-1-3-8-15/h1-3,7-8,10-11,14,16-17H,4-6,9,12-13H2,(H,23,24). The van der Waals surface area contributed by atoms with Crippen LogP contribution in [0.2, 0.25) is 0 Å². The third-order valence-corrected chi connectivity index (χ3v) is 5.58. The van der Waals surface area contributed by atoms with Crippen LogP contribution in [-0.2, 0) is 11.3 Å². The zero-order chi connectivity index (χ0) is 16.5. The van der Waals surface area contributed by atoms with Crippen molar-refractivity contribution in [3.63, 3.8) is 0 Å². The molecule has 5 heteroatoms. The first-order chi connectivity index (χ1) is 11.7. The number of carboxylic acids is 1. The van der Waals surface area contributed by atoms with Gasteiger partial charge in [-0.2, -0.15) is 0 Å². The second-order valence-corrected chi connectivity index (χ2v) is 6.92. The van der Waals surface area contributed by atoms with E-state index in [4.69, 9.17) is 0 Å². The van der Waals surface area contributed by atoms with Crippen LogP contribution in [0.25, 0.3) is 5.69 Å². The number of aliphatic carboxylic acids is 1. The molecule has 1 aliphatic carbocycles. The molecule has 3 unspecified atom stereocenters. The number of carboxylic acid groups (broad SMARTS) is 1. The fourth-order valence-corrected chi connectivity index (χ4v) is 4.46. The summed E-state index contributed by atoms with van der Waals surface area (Å²) in [5, 5.41) is 9.68. The Hall–Kier alpha value is -2.14. The first-order valence-corrected chi connectivity index (χ1v) is 8.80. The summed E-state index contributed by atoms with van der Waals surface area (Å²) in [6.07, 6.45) is 9.25. The number of hydrogen-bond donors (Lipinski definition) is 1. The van der Waals surface area contributed by atoms with Gasteiger partial charge in [-0.3, -0.25) is 9.69 Å². The van der Waals surface area contributed by atoms with Crippen LogP contribution in [0.3, 0.4) is 0 Å². The Kier molecular flexibility index (Phi) is 4.10. The minimum Gasteiger partial charge on any atom is -0.480 e. The fraction of sp³-hybridized carbons (Fsp3) is 0.474. The van der Waals surface area contributed by atoms with E-state index in [9.17, 15) is 9.90 Å². The molecular weight excluding hydrogens is 302 g/mol. The number of para-hydroxylation sites is 1. The molecule has 2 fully saturated rings. The number of aromatic nitrogens is 2. The van der Waals surface area contributed by atoms with Gasteiger partial charge in [-0.1, -0.05) is 31.0 Å². The van der Waals surface area contributed by atoms with Crippen molar-refractivity contribution in [1.82, 2.24) is 14.5 Å². The molecule has 1 saturated heterocycles. The Morgan fingerprint density at radius 3 is 2.79 bits per heavy atom. The number of hydrogen-bond acceptors (Lipinski definition) is 3. The van der Waals surface area contributed by atoms with Crippen molar-refractivity contribution in [2.24, 2.45) is 5.92 Å². The summed E-state index contributed by atoms with van der Waals surface area (Å²) in [6.45, 7) is 0.597. The van der Waals surface area contributed by atoms with E-state index < -0.39 is 5.97 Å². The quantitative estimate of drug-likeness (QED) is 0.938. The molecule has 5 nitrogen and oxygen atoms in total. The number of fused-ring (bicyclic) bond motifs is 1. The van der Waals surface area contributed by atoms with Gasteiger partial charge in [0.25, 0.3) is 0 Å². The van der Waals surface area contributed by atoms with Gasteiger partial charge in [0, 0.05) is 24.1 Å².